The Morgan fingerprint density at radius 1 is 1.02 bits per heavy atom. The maximum absolute atomic E-state index is 13.4. The predicted molar refractivity (Wildman–Crippen MR) is 180 cm³/mol. The van der Waals surface area contributed by atoms with Gasteiger partial charge in [-0.25, -0.2) is 0 Å². The lowest BCUT2D eigenvalue weighted by atomic mass is 10.1. The molecule has 2 N–H and O–H groups in total. The molecule has 1 saturated carbocycles. The third-order valence-corrected chi connectivity index (χ3v) is 8.66. The van der Waals surface area contributed by atoms with Crippen molar-refractivity contribution in [3.8, 4) is 12.2 Å². The highest BCUT2D eigenvalue weighted by Gasteiger charge is 2.45. The molecule has 1 aromatic carbocycles. The molecule has 1 amide bonds. The summed E-state index contributed by atoms with van der Waals surface area (Å²) in [6, 6.07) is 6.73. The van der Waals surface area contributed by atoms with Crippen molar-refractivity contribution in [2.75, 3.05) is 56.5 Å². The van der Waals surface area contributed by atoms with Crippen molar-refractivity contribution in [3.05, 3.63) is 70.9 Å². The highest BCUT2D eigenvalue weighted by atomic mass is 35.5. The van der Waals surface area contributed by atoms with Gasteiger partial charge in [0, 0.05) is 55.6 Å². The number of alkyl halides is 3. The molecular formula is C33H38ClF3N10O2. The number of aliphatic imine (C=N–C) groups is 1. The van der Waals surface area contributed by atoms with Gasteiger partial charge < -0.3 is 30.1 Å². The molecule has 3 heterocycles. The van der Waals surface area contributed by atoms with Crippen LogP contribution in [0.4, 0.5) is 25.1 Å². The molecule has 0 bridgehead atoms. The number of carbonyl (C=O) groups is 1. The van der Waals surface area contributed by atoms with Crippen LogP contribution in [0, 0.1) is 11.5 Å². The van der Waals surface area contributed by atoms with Gasteiger partial charge in [-0.2, -0.15) is 33.4 Å². The first-order valence-electron chi connectivity index (χ1n) is 16.0. The molecule has 0 spiro atoms. The molecule has 0 radical (unpaired) electrons. The van der Waals surface area contributed by atoms with Crippen molar-refractivity contribution in [2.24, 2.45) is 4.99 Å². The Balaban J connectivity index is 1.22. The number of nitrogens with one attached hydrogen (secondary N) is 2. The summed E-state index contributed by atoms with van der Waals surface area (Å²) >= 11 is 6.04. The Bertz CT molecular complexity index is 1640. The molecule has 5 rings (SSSR count). The number of piperazine rings is 1. The Morgan fingerprint density at radius 3 is 2.27 bits per heavy atom. The van der Waals surface area contributed by atoms with Crippen LogP contribution in [0.15, 0.2) is 65.3 Å². The number of likely N-dealkylation sites (tertiary alicyclic amines) is 1. The molecule has 2 aliphatic heterocycles. The van der Waals surface area contributed by atoms with Gasteiger partial charge in [0.05, 0.1) is 5.54 Å². The zero-order valence-corrected chi connectivity index (χ0v) is 27.9. The number of anilines is 2. The number of aromatic nitrogens is 3. The van der Waals surface area contributed by atoms with Crippen molar-refractivity contribution >= 4 is 35.4 Å². The topological polar surface area (TPSA) is 135 Å². The molecule has 1 aliphatic carbocycles. The van der Waals surface area contributed by atoms with Crippen molar-refractivity contribution in [1.82, 2.24) is 29.7 Å². The SMILES string of the molecule is C=C(/C=C\C(=C/C)C(=O)N1CCN(C(=NC#N)N2CCCCC2)CC1)Nc1nc(NC2(c3ccc(Cl)cc3)CC2)nc(OCC(F)(F)F)n1. The van der Waals surface area contributed by atoms with Gasteiger partial charge in [-0.05, 0) is 68.9 Å². The quantitative estimate of drug-likeness (QED) is 0.108. The minimum atomic E-state index is -4.59. The summed E-state index contributed by atoms with van der Waals surface area (Å²) in [4.78, 5) is 35.9. The van der Waals surface area contributed by atoms with Gasteiger partial charge in [-0.3, -0.25) is 4.79 Å². The van der Waals surface area contributed by atoms with Crippen LogP contribution in [0.3, 0.4) is 0 Å². The number of guanidine groups is 1. The lowest BCUT2D eigenvalue weighted by molar-refractivity contribution is -0.154. The maximum atomic E-state index is 13.4. The van der Waals surface area contributed by atoms with E-state index in [1.54, 1.807) is 42.2 Å². The fraction of sp³-hybridized carbons (Fsp3) is 0.455. The van der Waals surface area contributed by atoms with E-state index in [9.17, 15) is 23.2 Å². The second kappa shape index (κ2) is 15.6. The number of hydrogen-bond acceptors (Lipinski definition) is 9. The van der Waals surface area contributed by atoms with E-state index in [-0.39, 0.29) is 23.5 Å². The first-order valence-corrected chi connectivity index (χ1v) is 16.4. The van der Waals surface area contributed by atoms with E-state index in [0.717, 1.165) is 50.8 Å². The number of rotatable bonds is 10. The number of nitrogens with zero attached hydrogens (tertiary/aromatic N) is 8. The van der Waals surface area contributed by atoms with Crippen molar-refractivity contribution in [2.45, 2.75) is 50.7 Å². The standard InChI is InChI=1S/C33H38ClF3N10O2/c1-3-24(27(48)45-17-19-47(20-18-45)31(39-22-38)46-15-5-4-6-16-46)8-7-23(2)40-28-41-29(43-30(42-28)49-21-33(35,36)37)44-32(13-14-32)25-9-11-26(34)12-10-25/h3,7-12H,2,4-6,13-21H2,1H3,(H2,40,41,42,43,44)/b8-7-,24-3+,39-31?. The van der Waals surface area contributed by atoms with Crippen LogP contribution in [0.25, 0.3) is 0 Å². The summed E-state index contributed by atoms with van der Waals surface area (Å²) in [6.07, 6.45) is 6.96. The van der Waals surface area contributed by atoms with Crippen LogP contribution >= 0.6 is 11.6 Å². The van der Waals surface area contributed by atoms with Gasteiger partial charge in [0.25, 0.3) is 5.91 Å². The van der Waals surface area contributed by atoms with Gasteiger partial charge >= 0.3 is 12.2 Å². The summed E-state index contributed by atoms with van der Waals surface area (Å²) in [5.41, 5.74) is 1.11. The minimum absolute atomic E-state index is 0.0191. The van der Waals surface area contributed by atoms with Crippen molar-refractivity contribution < 1.29 is 22.7 Å². The maximum Gasteiger partial charge on any atom is 0.422 e. The molecule has 260 valence electrons. The molecule has 3 aliphatic rings. The number of piperidine rings is 1. The molecule has 1 aromatic heterocycles. The second-order valence-corrected chi connectivity index (χ2v) is 12.4. The average molecular weight is 699 g/mol. The van der Waals surface area contributed by atoms with E-state index >= 15 is 0 Å². The average Bonchev–Trinajstić information content (AvgIpc) is 3.87. The monoisotopic (exact) mass is 698 g/mol. The van der Waals surface area contributed by atoms with Crippen LogP contribution in [0.2, 0.25) is 5.02 Å². The molecule has 0 unspecified atom stereocenters. The van der Waals surface area contributed by atoms with Gasteiger partial charge in [0.1, 0.15) is 0 Å². The Morgan fingerprint density at radius 2 is 1.65 bits per heavy atom. The summed E-state index contributed by atoms with van der Waals surface area (Å²) in [5.74, 6) is 0.424. The number of amides is 1. The van der Waals surface area contributed by atoms with Crippen LogP contribution in [0.1, 0.15) is 44.6 Å². The number of allylic oxidation sites excluding steroid dienone is 2. The smallest absolute Gasteiger partial charge is 0.422 e. The number of ether oxygens (including phenoxy) is 1. The van der Waals surface area contributed by atoms with E-state index in [2.05, 4.69) is 47.0 Å². The summed E-state index contributed by atoms with van der Waals surface area (Å²) in [6.45, 7) is 7.86. The molecule has 12 nitrogen and oxygen atoms in total. The number of hydrogen-bond donors (Lipinski definition) is 2. The van der Waals surface area contributed by atoms with Gasteiger partial charge in [-0.1, -0.05) is 36.4 Å². The van der Waals surface area contributed by atoms with Gasteiger partial charge in [-0.15, -0.1) is 4.99 Å². The van der Waals surface area contributed by atoms with E-state index < -0.39 is 24.3 Å². The number of nitriles is 1. The fourth-order valence-electron chi connectivity index (χ4n) is 5.71. The molecule has 16 heteroatoms. The molecule has 49 heavy (non-hydrogen) atoms. The van der Waals surface area contributed by atoms with Crippen LogP contribution < -0.4 is 15.4 Å². The Kier molecular flexibility index (Phi) is 11.3. The summed E-state index contributed by atoms with van der Waals surface area (Å²) < 4.78 is 43.7. The molecule has 0 atom stereocenters. The predicted octanol–water partition coefficient (Wildman–Crippen LogP) is 5.46. The van der Waals surface area contributed by atoms with E-state index in [0.29, 0.717) is 42.7 Å². The Labute approximate surface area is 288 Å². The normalized spacial score (nSPS) is 18.2. The highest BCUT2D eigenvalue weighted by Crippen LogP contribution is 2.48. The van der Waals surface area contributed by atoms with Crippen molar-refractivity contribution in [1.29, 1.82) is 5.26 Å². The van der Waals surface area contributed by atoms with E-state index in [1.165, 1.54) is 0 Å². The Hall–Kier alpha value is -4.84. The number of carbonyl (C=O) groups excluding carboxylic acids is 1. The van der Waals surface area contributed by atoms with Crippen LogP contribution in [-0.4, -0.2) is 93.6 Å². The summed E-state index contributed by atoms with van der Waals surface area (Å²) in [5, 5.41) is 15.9. The fourth-order valence-corrected chi connectivity index (χ4v) is 5.84. The third-order valence-electron chi connectivity index (χ3n) is 8.41. The lowest BCUT2D eigenvalue weighted by Gasteiger charge is -2.40. The number of halogens is 4. The van der Waals surface area contributed by atoms with Crippen LogP contribution in [-0.2, 0) is 10.3 Å². The zero-order chi connectivity index (χ0) is 35.0. The highest BCUT2D eigenvalue weighted by molar-refractivity contribution is 6.30. The molecule has 2 aromatic rings. The second-order valence-electron chi connectivity index (χ2n) is 11.9. The first-order chi connectivity index (χ1) is 23.5. The summed E-state index contributed by atoms with van der Waals surface area (Å²) in [7, 11) is 0. The lowest BCUT2D eigenvalue weighted by Crippen LogP contribution is -2.55. The number of benzene rings is 1. The van der Waals surface area contributed by atoms with Gasteiger partial charge in [0.15, 0.2) is 6.61 Å². The van der Waals surface area contributed by atoms with Crippen molar-refractivity contribution in [3.63, 3.8) is 0 Å². The van der Waals surface area contributed by atoms with E-state index in [1.807, 2.05) is 18.3 Å². The molecule has 2 saturated heterocycles. The van der Waals surface area contributed by atoms with Crippen LogP contribution in [0.5, 0.6) is 6.01 Å². The van der Waals surface area contributed by atoms with E-state index in [4.69, 9.17) is 16.3 Å². The first kappa shape index (κ1) is 35.5. The van der Waals surface area contributed by atoms with Gasteiger partial charge in [0.2, 0.25) is 24.0 Å². The largest absolute Gasteiger partial charge is 0.454 e. The molecular weight excluding hydrogens is 661 g/mol. The third kappa shape index (κ3) is 9.62. The molecule has 3 fully saturated rings. The minimum Gasteiger partial charge on any atom is -0.454 e. The zero-order valence-electron chi connectivity index (χ0n) is 27.1.